The van der Waals surface area contributed by atoms with E-state index in [-0.39, 0.29) is 12.5 Å². The molecule has 0 radical (unpaired) electrons. The van der Waals surface area contributed by atoms with Crippen molar-refractivity contribution in [2.75, 3.05) is 19.7 Å². The quantitative estimate of drug-likeness (QED) is 0.692. The highest BCUT2D eigenvalue weighted by Crippen LogP contribution is 2.23. The number of esters is 1. The van der Waals surface area contributed by atoms with E-state index < -0.39 is 0 Å². The standard InChI is InChI=1S/C14H24ClN3O2/c1-5-11-14(15)12(18(7-3)16-11)9-17(6-2)10-13(19)20-8-4/h5-10H2,1-4H3. The number of aryl methyl sites for hydroxylation is 2. The third-order valence-electron chi connectivity index (χ3n) is 3.17. The molecule has 0 aliphatic heterocycles. The molecule has 1 heterocycles. The topological polar surface area (TPSA) is 47.4 Å². The number of hydrogen-bond acceptors (Lipinski definition) is 4. The summed E-state index contributed by atoms with van der Waals surface area (Å²) in [4.78, 5) is 13.6. The highest BCUT2D eigenvalue weighted by Gasteiger charge is 2.18. The van der Waals surface area contributed by atoms with Gasteiger partial charge in [-0.3, -0.25) is 14.4 Å². The second-order valence-corrected chi connectivity index (χ2v) is 4.86. The van der Waals surface area contributed by atoms with Gasteiger partial charge in [0.25, 0.3) is 0 Å². The Hall–Kier alpha value is -1.07. The van der Waals surface area contributed by atoms with Crippen LogP contribution in [0.2, 0.25) is 5.02 Å². The number of halogens is 1. The van der Waals surface area contributed by atoms with Gasteiger partial charge in [0.2, 0.25) is 0 Å². The predicted molar refractivity (Wildman–Crippen MR) is 79.9 cm³/mol. The number of rotatable bonds is 8. The Morgan fingerprint density at radius 2 is 2.05 bits per heavy atom. The third kappa shape index (κ3) is 4.21. The van der Waals surface area contributed by atoms with Gasteiger partial charge in [-0.05, 0) is 26.8 Å². The van der Waals surface area contributed by atoms with Crippen molar-refractivity contribution < 1.29 is 9.53 Å². The van der Waals surface area contributed by atoms with E-state index in [1.807, 2.05) is 37.3 Å². The number of ether oxygens (including phenoxy) is 1. The number of aromatic nitrogens is 2. The van der Waals surface area contributed by atoms with Crippen LogP contribution >= 0.6 is 11.6 Å². The molecule has 0 unspecified atom stereocenters. The molecule has 0 saturated carbocycles. The maximum Gasteiger partial charge on any atom is 0.320 e. The van der Waals surface area contributed by atoms with Gasteiger partial charge in [0.1, 0.15) is 0 Å². The minimum atomic E-state index is -0.205. The third-order valence-corrected chi connectivity index (χ3v) is 3.61. The molecule has 20 heavy (non-hydrogen) atoms. The molecule has 0 N–H and O–H groups in total. The molecule has 0 aromatic carbocycles. The first-order valence-electron chi connectivity index (χ1n) is 7.19. The van der Waals surface area contributed by atoms with Crippen LogP contribution in [0.3, 0.4) is 0 Å². The Bertz CT molecular complexity index is 446. The monoisotopic (exact) mass is 301 g/mol. The van der Waals surface area contributed by atoms with E-state index in [1.165, 1.54) is 0 Å². The smallest absolute Gasteiger partial charge is 0.320 e. The fraction of sp³-hybridized carbons (Fsp3) is 0.714. The largest absolute Gasteiger partial charge is 0.465 e. The van der Waals surface area contributed by atoms with E-state index in [2.05, 4.69) is 5.10 Å². The number of hydrogen-bond donors (Lipinski definition) is 0. The van der Waals surface area contributed by atoms with E-state index in [0.29, 0.717) is 13.2 Å². The van der Waals surface area contributed by atoms with Gasteiger partial charge in [0.05, 0.1) is 29.6 Å². The highest BCUT2D eigenvalue weighted by molar-refractivity contribution is 6.31. The molecular formula is C14H24ClN3O2. The molecule has 6 heteroatoms. The van der Waals surface area contributed by atoms with E-state index in [4.69, 9.17) is 16.3 Å². The predicted octanol–water partition coefficient (Wildman–Crippen LogP) is 2.50. The number of likely N-dealkylation sites (N-methyl/N-ethyl adjacent to an activating group) is 1. The SMILES string of the molecule is CCOC(=O)CN(CC)Cc1c(Cl)c(CC)nn1CC. The van der Waals surface area contributed by atoms with Gasteiger partial charge < -0.3 is 4.74 Å². The first kappa shape index (κ1) is 17.0. The Balaban J connectivity index is 2.83. The van der Waals surface area contributed by atoms with Crippen LogP contribution in [0.5, 0.6) is 0 Å². The van der Waals surface area contributed by atoms with E-state index in [0.717, 1.165) is 35.9 Å². The van der Waals surface area contributed by atoms with Gasteiger partial charge in [0, 0.05) is 13.1 Å². The molecule has 114 valence electrons. The van der Waals surface area contributed by atoms with Gasteiger partial charge in [-0.15, -0.1) is 0 Å². The zero-order valence-electron chi connectivity index (χ0n) is 12.8. The summed E-state index contributed by atoms with van der Waals surface area (Å²) in [7, 11) is 0. The Kier molecular flexibility index (Phi) is 7.02. The van der Waals surface area contributed by atoms with Crippen LogP contribution in [0.25, 0.3) is 0 Å². The maximum atomic E-state index is 11.6. The molecule has 0 aliphatic rings. The molecule has 0 aliphatic carbocycles. The lowest BCUT2D eigenvalue weighted by atomic mass is 10.3. The summed E-state index contributed by atoms with van der Waals surface area (Å²) in [6.45, 7) is 10.7. The normalized spacial score (nSPS) is 11.1. The highest BCUT2D eigenvalue weighted by atomic mass is 35.5. The summed E-state index contributed by atoms with van der Waals surface area (Å²) in [5.41, 5.74) is 1.88. The Labute approximate surface area is 125 Å². The second kappa shape index (κ2) is 8.27. The van der Waals surface area contributed by atoms with Gasteiger partial charge in [-0.1, -0.05) is 25.4 Å². The summed E-state index contributed by atoms with van der Waals surface area (Å²) >= 11 is 6.38. The lowest BCUT2D eigenvalue weighted by molar-refractivity contribution is -0.144. The van der Waals surface area contributed by atoms with Crippen LogP contribution in [0, 0.1) is 0 Å². The van der Waals surface area contributed by atoms with Crippen LogP contribution in [0.4, 0.5) is 0 Å². The molecule has 0 bridgehead atoms. The molecule has 0 saturated heterocycles. The van der Waals surface area contributed by atoms with Crippen LogP contribution < -0.4 is 0 Å². The fourth-order valence-electron chi connectivity index (χ4n) is 2.05. The Morgan fingerprint density at radius 1 is 1.35 bits per heavy atom. The van der Waals surface area contributed by atoms with Crippen molar-refractivity contribution >= 4 is 17.6 Å². The van der Waals surface area contributed by atoms with Crippen LogP contribution in [-0.4, -0.2) is 40.3 Å². The summed E-state index contributed by atoms with van der Waals surface area (Å²) in [5.74, 6) is -0.205. The molecule has 0 spiro atoms. The van der Waals surface area contributed by atoms with E-state index in [1.54, 1.807) is 0 Å². The maximum absolute atomic E-state index is 11.6. The van der Waals surface area contributed by atoms with Crippen molar-refractivity contribution in [3.05, 3.63) is 16.4 Å². The zero-order chi connectivity index (χ0) is 15.1. The second-order valence-electron chi connectivity index (χ2n) is 4.48. The van der Waals surface area contributed by atoms with E-state index >= 15 is 0 Å². The van der Waals surface area contributed by atoms with Gasteiger partial charge >= 0.3 is 5.97 Å². The molecule has 5 nitrogen and oxygen atoms in total. The van der Waals surface area contributed by atoms with Crippen molar-refractivity contribution in [2.45, 2.75) is 47.2 Å². The summed E-state index contributed by atoms with van der Waals surface area (Å²) in [6.07, 6.45) is 0.808. The van der Waals surface area contributed by atoms with Crippen molar-refractivity contribution in [1.29, 1.82) is 0 Å². The number of carbonyl (C=O) groups is 1. The molecular weight excluding hydrogens is 278 g/mol. The zero-order valence-corrected chi connectivity index (χ0v) is 13.5. The van der Waals surface area contributed by atoms with Crippen LogP contribution in [0.15, 0.2) is 0 Å². The molecule has 0 atom stereocenters. The van der Waals surface area contributed by atoms with Crippen molar-refractivity contribution in [2.24, 2.45) is 0 Å². The Morgan fingerprint density at radius 3 is 2.55 bits per heavy atom. The van der Waals surface area contributed by atoms with Crippen molar-refractivity contribution in [3.8, 4) is 0 Å². The lowest BCUT2D eigenvalue weighted by Crippen LogP contribution is -2.31. The first-order valence-corrected chi connectivity index (χ1v) is 7.57. The minimum Gasteiger partial charge on any atom is -0.465 e. The lowest BCUT2D eigenvalue weighted by Gasteiger charge is -2.19. The molecule has 1 rings (SSSR count). The molecule has 0 fully saturated rings. The summed E-state index contributed by atoms with van der Waals surface area (Å²) in [5, 5.41) is 5.21. The van der Waals surface area contributed by atoms with Crippen molar-refractivity contribution in [3.63, 3.8) is 0 Å². The minimum absolute atomic E-state index is 0.205. The van der Waals surface area contributed by atoms with E-state index in [9.17, 15) is 4.79 Å². The molecule has 1 aromatic heterocycles. The average Bonchev–Trinajstić information content (AvgIpc) is 2.74. The number of carbonyl (C=O) groups excluding carboxylic acids is 1. The summed E-state index contributed by atoms with van der Waals surface area (Å²) in [6, 6.07) is 0. The first-order chi connectivity index (χ1) is 9.57. The van der Waals surface area contributed by atoms with Crippen LogP contribution in [-0.2, 0) is 29.0 Å². The van der Waals surface area contributed by atoms with Crippen LogP contribution in [0.1, 0.15) is 39.1 Å². The average molecular weight is 302 g/mol. The fourth-order valence-corrected chi connectivity index (χ4v) is 2.38. The van der Waals surface area contributed by atoms with Crippen molar-refractivity contribution in [1.82, 2.24) is 14.7 Å². The molecule has 1 aromatic rings. The number of nitrogens with zero attached hydrogens (tertiary/aromatic N) is 3. The molecule has 0 amide bonds. The summed E-state index contributed by atoms with van der Waals surface area (Å²) < 4.78 is 6.90. The van der Waals surface area contributed by atoms with Gasteiger partial charge in [-0.2, -0.15) is 5.10 Å². The van der Waals surface area contributed by atoms with Gasteiger partial charge in [0.15, 0.2) is 0 Å². The van der Waals surface area contributed by atoms with Gasteiger partial charge in [-0.25, -0.2) is 0 Å².